The van der Waals surface area contributed by atoms with Crippen LogP contribution in [0.5, 0.6) is 0 Å². The second kappa shape index (κ2) is 6.98. The smallest absolute Gasteiger partial charge is 0.269 e. The maximum Gasteiger partial charge on any atom is 0.269 e. The lowest BCUT2D eigenvalue weighted by Gasteiger charge is -2.32. The van der Waals surface area contributed by atoms with E-state index in [1.807, 2.05) is 4.90 Å². The van der Waals surface area contributed by atoms with Gasteiger partial charge in [0.15, 0.2) is 0 Å². The molecule has 1 saturated heterocycles. The molecule has 1 aliphatic heterocycles. The lowest BCUT2D eigenvalue weighted by molar-refractivity contribution is -0.837. The molecule has 1 fully saturated rings. The highest BCUT2D eigenvalue weighted by Crippen LogP contribution is 2.14. The Morgan fingerprint density at radius 2 is 1.62 bits per heavy atom. The average molecular weight is 347 g/mol. The molecule has 1 amide bonds. The van der Waals surface area contributed by atoms with Gasteiger partial charge < -0.3 is 4.90 Å². The van der Waals surface area contributed by atoms with E-state index in [2.05, 4.69) is 0 Å². The van der Waals surface area contributed by atoms with E-state index in [0.717, 1.165) is 18.8 Å². The Kier molecular flexibility index (Phi) is 4.78. The fourth-order valence-electron chi connectivity index (χ4n) is 2.86. The van der Waals surface area contributed by atoms with E-state index in [1.54, 1.807) is 36.4 Å². The van der Waals surface area contributed by atoms with Crippen LogP contribution in [-0.4, -0.2) is 41.9 Å². The van der Waals surface area contributed by atoms with Gasteiger partial charge in [0.25, 0.3) is 11.6 Å². The van der Waals surface area contributed by atoms with Crippen LogP contribution < -0.4 is 4.90 Å². The fraction of sp³-hybridized carbons (Fsp3) is 0.235. The van der Waals surface area contributed by atoms with Crippen LogP contribution in [0.25, 0.3) is 0 Å². The van der Waals surface area contributed by atoms with Crippen molar-refractivity contribution in [1.29, 1.82) is 0 Å². The molecule has 0 spiro atoms. The minimum atomic E-state index is -0.401. The highest BCUT2D eigenvalue weighted by Gasteiger charge is 2.25. The zero-order valence-corrected chi connectivity index (χ0v) is 13.7. The molecule has 1 N–H and O–H groups in total. The first-order chi connectivity index (χ1) is 11.5. The first-order valence-electron chi connectivity index (χ1n) is 7.69. The first-order valence-corrected chi connectivity index (χ1v) is 8.07. The molecule has 0 saturated carbocycles. The summed E-state index contributed by atoms with van der Waals surface area (Å²) in [5.41, 5.74) is 1.74. The SMILES string of the molecule is O=C(c1ccc(Cl)cc1)N1CC[NH+](c2ccc([N+](=O)[O-])cc2)CC1. The van der Waals surface area contributed by atoms with Crippen molar-refractivity contribution in [2.75, 3.05) is 26.2 Å². The topological polar surface area (TPSA) is 67.9 Å². The van der Waals surface area contributed by atoms with Gasteiger partial charge in [-0.3, -0.25) is 19.8 Å². The number of hydrogen-bond acceptors (Lipinski definition) is 3. The van der Waals surface area contributed by atoms with E-state index in [9.17, 15) is 14.9 Å². The maximum absolute atomic E-state index is 12.5. The molecule has 2 aromatic rings. The van der Waals surface area contributed by atoms with Gasteiger partial charge in [-0.15, -0.1) is 0 Å². The van der Waals surface area contributed by atoms with Crippen molar-refractivity contribution in [3.05, 3.63) is 69.2 Å². The third-order valence-electron chi connectivity index (χ3n) is 4.23. The number of carbonyl (C=O) groups is 1. The fourth-order valence-corrected chi connectivity index (χ4v) is 2.99. The van der Waals surface area contributed by atoms with Gasteiger partial charge in [-0.25, -0.2) is 0 Å². The molecule has 1 heterocycles. The van der Waals surface area contributed by atoms with Gasteiger partial charge in [0.2, 0.25) is 0 Å². The van der Waals surface area contributed by atoms with Crippen LogP contribution in [0.2, 0.25) is 5.02 Å². The van der Waals surface area contributed by atoms with Gasteiger partial charge in [0.1, 0.15) is 5.69 Å². The Bertz CT molecular complexity index is 739. The van der Waals surface area contributed by atoms with Gasteiger partial charge in [-0.05, 0) is 24.3 Å². The number of nitrogens with one attached hydrogen (secondary N) is 1. The van der Waals surface area contributed by atoms with Gasteiger partial charge in [0, 0.05) is 34.9 Å². The normalized spacial score (nSPS) is 15.3. The number of nitro groups is 1. The number of amides is 1. The molecule has 0 unspecified atom stereocenters. The molecule has 0 aromatic heterocycles. The van der Waals surface area contributed by atoms with Crippen LogP contribution in [0.15, 0.2) is 48.5 Å². The largest absolute Gasteiger partial charge is 0.327 e. The van der Waals surface area contributed by atoms with Crippen molar-refractivity contribution in [2.45, 2.75) is 0 Å². The second-order valence-corrected chi connectivity index (χ2v) is 6.14. The van der Waals surface area contributed by atoms with Crippen LogP contribution in [0.1, 0.15) is 10.4 Å². The van der Waals surface area contributed by atoms with Gasteiger partial charge in [-0.2, -0.15) is 0 Å². The van der Waals surface area contributed by atoms with Crippen molar-refractivity contribution in [1.82, 2.24) is 4.90 Å². The Morgan fingerprint density at radius 1 is 1.04 bits per heavy atom. The number of nitrogens with zero attached hydrogens (tertiary/aromatic N) is 2. The van der Waals surface area contributed by atoms with Crippen LogP contribution in [0, 0.1) is 10.1 Å². The zero-order chi connectivity index (χ0) is 17.1. The number of halogens is 1. The second-order valence-electron chi connectivity index (χ2n) is 5.71. The lowest BCUT2D eigenvalue weighted by atomic mass is 10.1. The number of hydrogen-bond donors (Lipinski definition) is 1. The quantitative estimate of drug-likeness (QED) is 0.682. The number of benzene rings is 2. The molecule has 1 aliphatic rings. The minimum absolute atomic E-state index is 0.00872. The third kappa shape index (κ3) is 3.55. The van der Waals surface area contributed by atoms with E-state index < -0.39 is 4.92 Å². The highest BCUT2D eigenvalue weighted by molar-refractivity contribution is 6.30. The summed E-state index contributed by atoms with van der Waals surface area (Å²) in [5, 5.41) is 11.3. The number of non-ortho nitro benzene ring substituents is 1. The Labute approximate surface area is 144 Å². The average Bonchev–Trinajstić information content (AvgIpc) is 2.62. The molecule has 2 aromatic carbocycles. The monoisotopic (exact) mass is 346 g/mol. The summed E-state index contributed by atoms with van der Waals surface area (Å²) in [7, 11) is 0. The van der Waals surface area contributed by atoms with E-state index in [0.29, 0.717) is 23.7 Å². The summed E-state index contributed by atoms with van der Waals surface area (Å²) in [4.78, 5) is 25.8. The predicted molar refractivity (Wildman–Crippen MR) is 90.8 cm³/mol. The standard InChI is InChI=1S/C17H16ClN3O3/c18-14-3-1-13(2-4-14)17(22)20-11-9-19(10-12-20)15-5-7-16(8-6-15)21(23)24/h1-8H,9-12H2/p+1. The number of piperazine rings is 1. The van der Waals surface area contributed by atoms with Crippen molar-refractivity contribution < 1.29 is 14.6 Å². The number of rotatable bonds is 3. The molecule has 0 aliphatic carbocycles. The zero-order valence-electron chi connectivity index (χ0n) is 12.9. The Morgan fingerprint density at radius 3 is 2.17 bits per heavy atom. The summed E-state index contributed by atoms with van der Waals surface area (Å²) in [5.74, 6) is 0.00872. The molecule has 0 bridgehead atoms. The molecule has 6 nitrogen and oxygen atoms in total. The number of nitro benzene ring substituents is 1. The maximum atomic E-state index is 12.5. The van der Waals surface area contributed by atoms with Crippen molar-refractivity contribution >= 4 is 28.9 Å². The first kappa shape index (κ1) is 16.4. The molecule has 0 atom stereocenters. The summed E-state index contributed by atoms with van der Waals surface area (Å²) in [6.07, 6.45) is 0. The summed E-state index contributed by atoms with van der Waals surface area (Å²) in [6.45, 7) is 2.84. The van der Waals surface area contributed by atoms with Crippen molar-refractivity contribution in [3.8, 4) is 0 Å². The molecule has 124 valence electrons. The molecular weight excluding hydrogens is 330 g/mol. The Hall–Kier alpha value is -2.44. The van der Waals surface area contributed by atoms with Crippen LogP contribution in [0.3, 0.4) is 0 Å². The van der Waals surface area contributed by atoms with Crippen LogP contribution in [-0.2, 0) is 0 Å². The van der Waals surface area contributed by atoms with Gasteiger partial charge in [0.05, 0.1) is 31.1 Å². The highest BCUT2D eigenvalue weighted by atomic mass is 35.5. The van der Waals surface area contributed by atoms with Gasteiger partial charge >= 0.3 is 0 Å². The van der Waals surface area contributed by atoms with Crippen molar-refractivity contribution in [2.24, 2.45) is 0 Å². The summed E-state index contributed by atoms with van der Waals surface area (Å²) in [6, 6.07) is 13.5. The van der Waals surface area contributed by atoms with E-state index in [1.165, 1.54) is 17.0 Å². The molecule has 3 rings (SSSR count). The van der Waals surface area contributed by atoms with E-state index >= 15 is 0 Å². The van der Waals surface area contributed by atoms with E-state index in [4.69, 9.17) is 11.6 Å². The lowest BCUT2D eigenvalue weighted by Crippen LogP contribution is -3.10. The van der Waals surface area contributed by atoms with Crippen LogP contribution >= 0.6 is 11.6 Å². The number of quaternary nitrogens is 1. The predicted octanol–water partition coefficient (Wildman–Crippen LogP) is 1.92. The third-order valence-corrected chi connectivity index (χ3v) is 4.48. The summed E-state index contributed by atoms with van der Waals surface area (Å²) < 4.78 is 0. The minimum Gasteiger partial charge on any atom is -0.327 e. The Balaban J connectivity index is 1.62. The molecule has 0 radical (unpaired) electrons. The van der Waals surface area contributed by atoms with Crippen molar-refractivity contribution in [3.63, 3.8) is 0 Å². The molecule has 7 heteroatoms. The molecular formula is C17H17ClN3O3+. The molecule has 24 heavy (non-hydrogen) atoms. The van der Waals surface area contributed by atoms with E-state index in [-0.39, 0.29) is 11.6 Å². The number of carbonyl (C=O) groups excluding carboxylic acids is 1. The van der Waals surface area contributed by atoms with Crippen LogP contribution in [0.4, 0.5) is 11.4 Å². The summed E-state index contributed by atoms with van der Waals surface area (Å²) >= 11 is 5.85. The van der Waals surface area contributed by atoms with Gasteiger partial charge in [-0.1, -0.05) is 11.6 Å².